The normalized spacial score (nSPS) is 15.6. The van der Waals surface area contributed by atoms with Gasteiger partial charge in [0.05, 0.1) is 0 Å². The molecule has 0 bridgehead atoms. The van der Waals surface area contributed by atoms with Crippen LogP contribution in [0.5, 0.6) is 0 Å². The number of nitrogens with zero attached hydrogens (tertiary/aromatic N) is 3. The molecule has 1 aliphatic rings. The molecule has 0 spiro atoms. The lowest BCUT2D eigenvalue weighted by molar-refractivity contribution is 0.591. The summed E-state index contributed by atoms with van der Waals surface area (Å²) in [7, 11) is 0. The van der Waals surface area contributed by atoms with Gasteiger partial charge in [0.1, 0.15) is 5.82 Å². The maximum Gasteiger partial charge on any atom is 0.191 e. The molecule has 5 heteroatoms. The van der Waals surface area contributed by atoms with E-state index in [1.165, 1.54) is 19.3 Å². The van der Waals surface area contributed by atoms with Crippen LogP contribution in [0.25, 0.3) is 0 Å². The summed E-state index contributed by atoms with van der Waals surface area (Å²) >= 11 is 5.93. The van der Waals surface area contributed by atoms with Crippen LogP contribution < -0.4 is 0 Å². The van der Waals surface area contributed by atoms with Crippen LogP contribution in [0.15, 0.2) is 17.3 Å². The second-order valence-electron chi connectivity index (χ2n) is 4.06. The standard InChI is InChI=1S/C11H17N3S2/c1-9(7-15)8-16-11-13-12-10-5-3-2-4-6-14(10)11/h15H,1-8H2. The van der Waals surface area contributed by atoms with Crippen LogP contribution in [-0.2, 0) is 13.0 Å². The monoisotopic (exact) mass is 255 g/mol. The van der Waals surface area contributed by atoms with Crippen molar-refractivity contribution >= 4 is 24.4 Å². The first-order valence-electron chi connectivity index (χ1n) is 5.63. The summed E-state index contributed by atoms with van der Waals surface area (Å²) < 4.78 is 2.27. The molecular formula is C11H17N3S2. The highest BCUT2D eigenvalue weighted by molar-refractivity contribution is 7.99. The third-order valence-electron chi connectivity index (χ3n) is 2.70. The zero-order valence-electron chi connectivity index (χ0n) is 9.35. The van der Waals surface area contributed by atoms with Gasteiger partial charge in [-0.15, -0.1) is 10.2 Å². The molecule has 88 valence electrons. The van der Waals surface area contributed by atoms with Crippen molar-refractivity contribution < 1.29 is 0 Å². The first-order chi connectivity index (χ1) is 7.81. The maximum absolute atomic E-state index is 4.26. The molecule has 16 heavy (non-hydrogen) atoms. The number of hydrogen-bond donors (Lipinski definition) is 1. The molecule has 1 aromatic heterocycles. The lowest BCUT2D eigenvalue weighted by atomic mass is 10.2. The van der Waals surface area contributed by atoms with Gasteiger partial charge in [0.25, 0.3) is 0 Å². The summed E-state index contributed by atoms with van der Waals surface area (Å²) in [6.07, 6.45) is 4.86. The molecule has 1 aromatic rings. The van der Waals surface area contributed by atoms with E-state index in [4.69, 9.17) is 0 Å². The van der Waals surface area contributed by atoms with E-state index in [9.17, 15) is 0 Å². The second kappa shape index (κ2) is 5.77. The molecular weight excluding hydrogens is 238 g/mol. The summed E-state index contributed by atoms with van der Waals surface area (Å²) in [6.45, 7) is 5.02. The van der Waals surface area contributed by atoms with Gasteiger partial charge < -0.3 is 4.57 Å². The molecule has 0 amide bonds. The number of hydrogen-bond acceptors (Lipinski definition) is 4. The Morgan fingerprint density at radius 2 is 2.25 bits per heavy atom. The molecule has 0 saturated heterocycles. The Balaban J connectivity index is 2.04. The Morgan fingerprint density at radius 3 is 3.06 bits per heavy atom. The van der Waals surface area contributed by atoms with E-state index >= 15 is 0 Å². The highest BCUT2D eigenvalue weighted by Crippen LogP contribution is 2.23. The third-order valence-corrected chi connectivity index (χ3v) is 4.26. The second-order valence-corrected chi connectivity index (χ2v) is 5.32. The van der Waals surface area contributed by atoms with Crippen LogP contribution in [-0.4, -0.2) is 26.3 Å². The van der Waals surface area contributed by atoms with Crippen molar-refractivity contribution in [2.75, 3.05) is 11.5 Å². The lowest BCUT2D eigenvalue weighted by Crippen LogP contribution is -2.02. The van der Waals surface area contributed by atoms with Gasteiger partial charge >= 0.3 is 0 Å². The Hall–Kier alpha value is -0.420. The average Bonchev–Trinajstić information content (AvgIpc) is 2.54. The van der Waals surface area contributed by atoms with Crippen molar-refractivity contribution in [3.63, 3.8) is 0 Å². The van der Waals surface area contributed by atoms with Gasteiger partial charge in [-0.2, -0.15) is 12.6 Å². The van der Waals surface area contributed by atoms with E-state index in [2.05, 4.69) is 34.0 Å². The lowest BCUT2D eigenvalue weighted by Gasteiger charge is -2.06. The molecule has 2 heterocycles. The zero-order chi connectivity index (χ0) is 11.4. The molecule has 0 aliphatic carbocycles. The summed E-state index contributed by atoms with van der Waals surface area (Å²) in [4.78, 5) is 0. The van der Waals surface area contributed by atoms with Gasteiger partial charge in [-0.05, 0) is 12.8 Å². The smallest absolute Gasteiger partial charge is 0.191 e. The molecule has 3 nitrogen and oxygen atoms in total. The Morgan fingerprint density at radius 1 is 1.38 bits per heavy atom. The number of fused-ring (bicyclic) bond motifs is 1. The van der Waals surface area contributed by atoms with Gasteiger partial charge in [-0.25, -0.2) is 0 Å². The van der Waals surface area contributed by atoms with Crippen molar-refractivity contribution in [3.8, 4) is 0 Å². The maximum atomic E-state index is 4.26. The van der Waals surface area contributed by atoms with Crippen LogP contribution in [0.2, 0.25) is 0 Å². The average molecular weight is 255 g/mol. The number of thiol groups is 1. The van der Waals surface area contributed by atoms with E-state index in [0.29, 0.717) is 0 Å². The van der Waals surface area contributed by atoms with Crippen molar-refractivity contribution in [2.24, 2.45) is 0 Å². The van der Waals surface area contributed by atoms with Gasteiger partial charge in [-0.1, -0.05) is 30.3 Å². The van der Waals surface area contributed by atoms with Crippen LogP contribution in [0.4, 0.5) is 0 Å². The summed E-state index contributed by atoms with van der Waals surface area (Å²) in [5, 5.41) is 9.56. The van der Waals surface area contributed by atoms with Gasteiger partial charge in [0.15, 0.2) is 5.16 Å². The number of aromatic nitrogens is 3. The minimum Gasteiger partial charge on any atom is -0.306 e. The number of rotatable bonds is 4. The first-order valence-corrected chi connectivity index (χ1v) is 7.25. The highest BCUT2D eigenvalue weighted by atomic mass is 32.2. The van der Waals surface area contributed by atoms with Crippen LogP contribution >= 0.6 is 24.4 Å². The fourth-order valence-electron chi connectivity index (χ4n) is 1.78. The van der Waals surface area contributed by atoms with Crippen molar-refractivity contribution in [1.82, 2.24) is 14.8 Å². The Bertz CT molecular complexity index is 373. The number of aryl methyl sites for hydroxylation is 1. The van der Waals surface area contributed by atoms with Gasteiger partial charge in [0, 0.05) is 24.5 Å². The van der Waals surface area contributed by atoms with E-state index < -0.39 is 0 Å². The summed E-state index contributed by atoms with van der Waals surface area (Å²) in [6, 6.07) is 0. The predicted molar refractivity (Wildman–Crippen MR) is 71.3 cm³/mol. The van der Waals surface area contributed by atoms with E-state index in [-0.39, 0.29) is 0 Å². The van der Waals surface area contributed by atoms with Crippen molar-refractivity contribution in [1.29, 1.82) is 0 Å². The van der Waals surface area contributed by atoms with Gasteiger partial charge in [0.2, 0.25) is 0 Å². The predicted octanol–water partition coefficient (Wildman–Crippen LogP) is 2.58. The molecule has 0 aromatic carbocycles. The fraction of sp³-hybridized carbons (Fsp3) is 0.636. The molecule has 0 radical (unpaired) electrons. The Labute approximate surface area is 106 Å². The Kier molecular flexibility index (Phi) is 4.35. The molecule has 0 fully saturated rings. The molecule has 1 aliphatic heterocycles. The summed E-state index contributed by atoms with van der Waals surface area (Å²) in [5.41, 5.74) is 1.14. The van der Waals surface area contributed by atoms with Crippen LogP contribution in [0.3, 0.4) is 0 Å². The largest absolute Gasteiger partial charge is 0.306 e. The van der Waals surface area contributed by atoms with Gasteiger partial charge in [-0.3, -0.25) is 0 Å². The minimum absolute atomic E-state index is 0.744. The molecule has 0 N–H and O–H groups in total. The zero-order valence-corrected chi connectivity index (χ0v) is 11.1. The van der Waals surface area contributed by atoms with Crippen LogP contribution in [0.1, 0.15) is 25.1 Å². The highest BCUT2D eigenvalue weighted by Gasteiger charge is 2.14. The van der Waals surface area contributed by atoms with E-state index in [1.54, 1.807) is 11.8 Å². The topological polar surface area (TPSA) is 30.7 Å². The van der Waals surface area contributed by atoms with E-state index in [0.717, 1.165) is 41.0 Å². The minimum atomic E-state index is 0.744. The summed E-state index contributed by atoms with van der Waals surface area (Å²) in [5.74, 6) is 2.78. The molecule has 0 atom stereocenters. The van der Waals surface area contributed by atoms with Crippen molar-refractivity contribution in [2.45, 2.75) is 37.4 Å². The molecule has 0 saturated carbocycles. The SMILES string of the molecule is C=C(CS)CSc1nnc2n1CCCCC2. The van der Waals surface area contributed by atoms with E-state index in [1.807, 2.05) is 0 Å². The first kappa shape index (κ1) is 12.0. The molecule has 0 unspecified atom stereocenters. The quantitative estimate of drug-likeness (QED) is 0.509. The fourth-order valence-corrected chi connectivity index (χ4v) is 2.93. The van der Waals surface area contributed by atoms with Crippen molar-refractivity contribution in [3.05, 3.63) is 18.0 Å². The third kappa shape index (κ3) is 2.83. The molecule has 2 rings (SSSR count). The number of thioether (sulfide) groups is 1. The van der Waals surface area contributed by atoms with Crippen LogP contribution in [0, 0.1) is 0 Å².